The highest BCUT2D eigenvalue weighted by atomic mass is 16.2. The molecule has 3 heteroatoms. The van der Waals surface area contributed by atoms with E-state index in [1.807, 2.05) is 11.8 Å². The summed E-state index contributed by atoms with van der Waals surface area (Å²) >= 11 is 0. The first-order valence-electron chi connectivity index (χ1n) is 4.32. The predicted molar refractivity (Wildman–Crippen MR) is 42.2 cm³/mol. The highest BCUT2D eigenvalue weighted by Crippen LogP contribution is 2.16. The minimum atomic E-state index is 0.0463. The van der Waals surface area contributed by atoms with Crippen LogP contribution in [0.15, 0.2) is 0 Å². The molecule has 3 saturated heterocycles. The molecule has 2 bridgehead atoms. The van der Waals surface area contributed by atoms with Crippen LogP contribution in [0.3, 0.4) is 0 Å². The number of amides is 1. The molecule has 3 fully saturated rings. The molecule has 1 amide bonds. The standard InChI is InChI=1S/C8H14N2O/c1-6-8(11)10-4-2-7(9-6)3-5-10/h6-7,9H,2-5H2,1H3. The van der Waals surface area contributed by atoms with E-state index in [2.05, 4.69) is 5.32 Å². The molecular weight excluding hydrogens is 140 g/mol. The third-order valence-corrected chi connectivity index (χ3v) is 2.66. The Labute approximate surface area is 66.8 Å². The number of piperidine rings is 1. The van der Waals surface area contributed by atoms with Gasteiger partial charge in [-0.2, -0.15) is 0 Å². The fourth-order valence-electron chi connectivity index (χ4n) is 1.97. The monoisotopic (exact) mass is 154 g/mol. The van der Waals surface area contributed by atoms with Crippen molar-refractivity contribution < 1.29 is 4.79 Å². The van der Waals surface area contributed by atoms with Gasteiger partial charge in [0.15, 0.2) is 0 Å². The molecule has 11 heavy (non-hydrogen) atoms. The van der Waals surface area contributed by atoms with E-state index >= 15 is 0 Å². The molecule has 0 aromatic carbocycles. The van der Waals surface area contributed by atoms with E-state index in [0.29, 0.717) is 6.04 Å². The molecular formula is C8H14N2O. The van der Waals surface area contributed by atoms with Crippen LogP contribution in [0.5, 0.6) is 0 Å². The molecule has 1 N–H and O–H groups in total. The van der Waals surface area contributed by atoms with Gasteiger partial charge in [-0.3, -0.25) is 4.79 Å². The second-order valence-electron chi connectivity index (χ2n) is 3.49. The van der Waals surface area contributed by atoms with E-state index in [-0.39, 0.29) is 11.9 Å². The Kier molecular flexibility index (Phi) is 1.60. The predicted octanol–water partition coefficient (Wildman–Crippen LogP) is -0.0309. The second-order valence-corrected chi connectivity index (χ2v) is 3.49. The average molecular weight is 154 g/mol. The van der Waals surface area contributed by atoms with E-state index < -0.39 is 0 Å². The summed E-state index contributed by atoms with van der Waals surface area (Å²) in [4.78, 5) is 13.4. The molecule has 0 radical (unpaired) electrons. The molecule has 3 rings (SSSR count). The first-order valence-corrected chi connectivity index (χ1v) is 4.32. The van der Waals surface area contributed by atoms with Gasteiger partial charge >= 0.3 is 0 Å². The van der Waals surface area contributed by atoms with Crippen LogP contribution in [0.1, 0.15) is 19.8 Å². The van der Waals surface area contributed by atoms with Gasteiger partial charge in [-0.25, -0.2) is 0 Å². The fourth-order valence-corrected chi connectivity index (χ4v) is 1.97. The molecule has 1 unspecified atom stereocenters. The Morgan fingerprint density at radius 3 is 2.73 bits per heavy atom. The van der Waals surface area contributed by atoms with Crippen molar-refractivity contribution in [2.45, 2.75) is 31.8 Å². The zero-order valence-electron chi connectivity index (χ0n) is 6.84. The third-order valence-electron chi connectivity index (χ3n) is 2.66. The zero-order valence-corrected chi connectivity index (χ0v) is 6.84. The molecule has 3 aliphatic rings. The summed E-state index contributed by atoms with van der Waals surface area (Å²) < 4.78 is 0. The molecule has 3 heterocycles. The number of carbonyl (C=O) groups is 1. The highest BCUT2D eigenvalue weighted by Gasteiger charge is 2.31. The maximum Gasteiger partial charge on any atom is 0.239 e. The van der Waals surface area contributed by atoms with Crippen LogP contribution >= 0.6 is 0 Å². The van der Waals surface area contributed by atoms with Crippen molar-refractivity contribution in [3.63, 3.8) is 0 Å². The lowest BCUT2D eigenvalue weighted by Gasteiger charge is -2.26. The molecule has 0 aromatic heterocycles. The normalized spacial score (nSPS) is 37.5. The summed E-state index contributed by atoms with van der Waals surface area (Å²) in [5, 5.41) is 3.33. The summed E-state index contributed by atoms with van der Waals surface area (Å²) in [6, 6.07) is 0.637. The maximum absolute atomic E-state index is 11.5. The summed E-state index contributed by atoms with van der Waals surface area (Å²) in [7, 11) is 0. The summed E-state index contributed by atoms with van der Waals surface area (Å²) in [6.07, 6.45) is 2.27. The number of nitrogens with zero attached hydrogens (tertiary/aromatic N) is 1. The van der Waals surface area contributed by atoms with Crippen LogP contribution in [0.2, 0.25) is 0 Å². The van der Waals surface area contributed by atoms with Gasteiger partial charge in [0.2, 0.25) is 5.91 Å². The van der Waals surface area contributed by atoms with E-state index in [1.165, 1.54) is 0 Å². The summed E-state index contributed by atoms with van der Waals surface area (Å²) in [5.41, 5.74) is 0. The lowest BCUT2D eigenvalue weighted by atomic mass is 10.1. The van der Waals surface area contributed by atoms with Gasteiger partial charge in [0.05, 0.1) is 6.04 Å². The van der Waals surface area contributed by atoms with Crippen LogP contribution in [-0.4, -0.2) is 36.0 Å². The lowest BCUT2D eigenvalue weighted by Crippen LogP contribution is -2.39. The first kappa shape index (κ1) is 7.10. The van der Waals surface area contributed by atoms with E-state index in [1.54, 1.807) is 0 Å². The number of rotatable bonds is 0. The minimum Gasteiger partial charge on any atom is -0.341 e. The van der Waals surface area contributed by atoms with Crippen molar-refractivity contribution in [3.05, 3.63) is 0 Å². The van der Waals surface area contributed by atoms with Gasteiger partial charge in [0, 0.05) is 19.1 Å². The van der Waals surface area contributed by atoms with Crippen LogP contribution < -0.4 is 5.32 Å². The van der Waals surface area contributed by atoms with Gasteiger partial charge in [0.1, 0.15) is 0 Å². The van der Waals surface area contributed by atoms with E-state index in [0.717, 1.165) is 25.9 Å². The summed E-state index contributed by atoms with van der Waals surface area (Å²) in [6.45, 7) is 3.88. The molecule has 0 saturated carbocycles. The number of fused-ring (bicyclic) bond motifs is 4. The molecule has 0 aliphatic carbocycles. The van der Waals surface area contributed by atoms with Crippen LogP contribution in [0.4, 0.5) is 0 Å². The summed E-state index contributed by atoms with van der Waals surface area (Å²) in [5.74, 6) is 0.282. The molecule has 0 spiro atoms. The van der Waals surface area contributed by atoms with E-state index in [9.17, 15) is 4.79 Å². The Balaban J connectivity index is 2.19. The van der Waals surface area contributed by atoms with Crippen molar-refractivity contribution >= 4 is 5.91 Å². The SMILES string of the molecule is CC1NC2CCN(CC2)C1=O. The average Bonchev–Trinajstić information content (AvgIpc) is 2.22. The second kappa shape index (κ2) is 2.48. The van der Waals surface area contributed by atoms with Gasteiger partial charge in [0.25, 0.3) is 0 Å². The van der Waals surface area contributed by atoms with Crippen LogP contribution in [0, 0.1) is 0 Å². The van der Waals surface area contributed by atoms with Crippen molar-refractivity contribution in [2.75, 3.05) is 13.1 Å². The van der Waals surface area contributed by atoms with Gasteiger partial charge in [-0.1, -0.05) is 0 Å². The van der Waals surface area contributed by atoms with Gasteiger partial charge in [-0.15, -0.1) is 0 Å². The maximum atomic E-state index is 11.5. The molecule has 3 nitrogen and oxygen atoms in total. The molecule has 62 valence electrons. The minimum absolute atomic E-state index is 0.0463. The largest absolute Gasteiger partial charge is 0.341 e. The van der Waals surface area contributed by atoms with Crippen LogP contribution in [-0.2, 0) is 4.79 Å². The Morgan fingerprint density at radius 2 is 2.09 bits per heavy atom. The highest BCUT2D eigenvalue weighted by molar-refractivity contribution is 5.82. The Hall–Kier alpha value is -0.570. The number of hydrogen-bond donors (Lipinski definition) is 1. The molecule has 1 atom stereocenters. The van der Waals surface area contributed by atoms with Crippen molar-refractivity contribution in [1.82, 2.24) is 10.2 Å². The van der Waals surface area contributed by atoms with Gasteiger partial charge in [-0.05, 0) is 19.8 Å². The topological polar surface area (TPSA) is 32.3 Å². The number of nitrogens with one attached hydrogen (secondary N) is 1. The van der Waals surface area contributed by atoms with Crippen LogP contribution in [0.25, 0.3) is 0 Å². The fraction of sp³-hybridized carbons (Fsp3) is 0.875. The van der Waals surface area contributed by atoms with Crippen molar-refractivity contribution in [3.8, 4) is 0 Å². The number of hydrogen-bond acceptors (Lipinski definition) is 2. The third kappa shape index (κ3) is 1.13. The van der Waals surface area contributed by atoms with E-state index in [4.69, 9.17) is 0 Å². The zero-order chi connectivity index (χ0) is 7.84. The Bertz CT molecular complexity index is 173. The van der Waals surface area contributed by atoms with Crippen molar-refractivity contribution in [2.24, 2.45) is 0 Å². The molecule has 0 aromatic rings. The van der Waals surface area contributed by atoms with Gasteiger partial charge < -0.3 is 10.2 Å². The number of carbonyl (C=O) groups excluding carboxylic acids is 1. The lowest BCUT2D eigenvalue weighted by molar-refractivity contribution is -0.131. The first-order chi connectivity index (χ1) is 5.27. The quantitative estimate of drug-likeness (QED) is 0.531. The molecule has 3 aliphatic heterocycles. The van der Waals surface area contributed by atoms with Crippen molar-refractivity contribution in [1.29, 1.82) is 0 Å². The Morgan fingerprint density at radius 1 is 1.45 bits per heavy atom. The smallest absolute Gasteiger partial charge is 0.239 e.